The number of aromatic carboxylic acids is 1. The summed E-state index contributed by atoms with van der Waals surface area (Å²) in [5.74, 6) is -0.532. The largest absolute Gasteiger partial charge is 0.478 e. The molecule has 2 rings (SSSR count). The van der Waals surface area contributed by atoms with Gasteiger partial charge in [-0.3, -0.25) is 5.32 Å². The molecule has 3 N–H and O–H groups in total. The van der Waals surface area contributed by atoms with E-state index >= 15 is 0 Å². The number of amides is 2. The van der Waals surface area contributed by atoms with E-state index in [1.165, 1.54) is 12.1 Å². The van der Waals surface area contributed by atoms with E-state index in [2.05, 4.69) is 15.6 Å². The van der Waals surface area contributed by atoms with Crippen LogP contribution in [0, 0.1) is 0 Å². The highest BCUT2D eigenvalue weighted by molar-refractivity contribution is 5.89. The smallest absolute Gasteiger partial charge is 0.335 e. The van der Waals surface area contributed by atoms with Crippen LogP contribution >= 0.6 is 0 Å². The van der Waals surface area contributed by atoms with Crippen molar-refractivity contribution in [3.63, 3.8) is 0 Å². The van der Waals surface area contributed by atoms with E-state index in [0.717, 1.165) is 11.1 Å². The summed E-state index contributed by atoms with van der Waals surface area (Å²) in [7, 11) is 0. The molecule has 108 valence electrons. The van der Waals surface area contributed by atoms with Gasteiger partial charge < -0.3 is 10.4 Å². The summed E-state index contributed by atoms with van der Waals surface area (Å²) >= 11 is 0. The molecule has 2 amide bonds. The number of rotatable bonds is 4. The first-order valence-electron chi connectivity index (χ1n) is 6.45. The van der Waals surface area contributed by atoms with Gasteiger partial charge in [0.2, 0.25) is 0 Å². The minimum absolute atomic E-state index is 0.230. The second kappa shape index (κ2) is 6.51. The zero-order chi connectivity index (χ0) is 15.2. The topological polar surface area (TPSA) is 91.3 Å². The highest BCUT2D eigenvalue weighted by Crippen LogP contribution is 2.21. The minimum atomic E-state index is -0.963. The van der Waals surface area contributed by atoms with Crippen LogP contribution in [0.25, 0.3) is 11.1 Å². The van der Waals surface area contributed by atoms with Crippen LogP contribution in [0.3, 0.4) is 0 Å². The number of hydrogen-bond acceptors (Lipinski definition) is 3. The van der Waals surface area contributed by atoms with Gasteiger partial charge in [0.1, 0.15) is 5.82 Å². The van der Waals surface area contributed by atoms with Crippen molar-refractivity contribution in [2.45, 2.75) is 6.92 Å². The van der Waals surface area contributed by atoms with Gasteiger partial charge in [0.15, 0.2) is 0 Å². The van der Waals surface area contributed by atoms with Crippen LogP contribution < -0.4 is 10.6 Å². The molecule has 1 heterocycles. The van der Waals surface area contributed by atoms with Gasteiger partial charge in [-0.1, -0.05) is 12.1 Å². The van der Waals surface area contributed by atoms with Crippen LogP contribution in [0.15, 0.2) is 42.6 Å². The molecule has 0 aliphatic heterocycles. The lowest BCUT2D eigenvalue weighted by Crippen LogP contribution is -2.28. The van der Waals surface area contributed by atoms with Crippen molar-refractivity contribution in [1.29, 1.82) is 0 Å². The molecule has 6 nitrogen and oxygen atoms in total. The summed E-state index contributed by atoms with van der Waals surface area (Å²) in [5.41, 5.74) is 1.92. The monoisotopic (exact) mass is 285 g/mol. The Bertz CT molecular complexity index is 653. The number of anilines is 1. The molecule has 0 aliphatic carbocycles. The maximum absolute atomic E-state index is 11.5. The summed E-state index contributed by atoms with van der Waals surface area (Å²) < 4.78 is 0. The summed E-state index contributed by atoms with van der Waals surface area (Å²) in [4.78, 5) is 26.3. The van der Waals surface area contributed by atoms with E-state index in [0.29, 0.717) is 12.4 Å². The lowest BCUT2D eigenvalue weighted by atomic mass is 10.1. The van der Waals surface area contributed by atoms with Gasteiger partial charge in [0.05, 0.1) is 5.56 Å². The lowest BCUT2D eigenvalue weighted by molar-refractivity contribution is 0.0697. The molecule has 0 fully saturated rings. The van der Waals surface area contributed by atoms with Gasteiger partial charge in [0, 0.05) is 12.7 Å². The molecule has 0 atom stereocenters. The number of aromatic nitrogens is 1. The van der Waals surface area contributed by atoms with Crippen LogP contribution in [0.4, 0.5) is 10.6 Å². The Morgan fingerprint density at radius 2 is 1.86 bits per heavy atom. The molecule has 0 saturated heterocycles. The number of hydrogen-bond donors (Lipinski definition) is 3. The molecule has 0 spiro atoms. The van der Waals surface area contributed by atoms with Gasteiger partial charge in [-0.2, -0.15) is 0 Å². The zero-order valence-electron chi connectivity index (χ0n) is 11.5. The average Bonchev–Trinajstić information content (AvgIpc) is 2.48. The molecule has 0 aliphatic rings. The normalized spacial score (nSPS) is 9.95. The standard InChI is InChI=1S/C15H15N3O3/c1-2-16-15(21)18-13-9-12(7-8-17-13)10-3-5-11(6-4-10)14(19)20/h3-9H,2H2,1H3,(H,19,20)(H2,16,17,18,21). The Kier molecular flexibility index (Phi) is 4.50. The summed E-state index contributed by atoms with van der Waals surface area (Å²) in [6, 6.07) is 9.71. The summed E-state index contributed by atoms with van der Waals surface area (Å²) in [6.45, 7) is 2.36. The lowest BCUT2D eigenvalue weighted by Gasteiger charge is -2.07. The number of pyridine rings is 1. The van der Waals surface area contributed by atoms with Crippen molar-refractivity contribution in [3.05, 3.63) is 48.2 Å². The average molecular weight is 285 g/mol. The van der Waals surface area contributed by atoms with Crippen LogP contribution in [0.2, 0.25) is 0 Å². The molecule has 2 aromatic rings. The number of carbonyl (C=O) groups excluding carboxylic acids is 1. The minimum Gasteiger partial charge on any atom is -0.478 e. The number of benzene rings is 1. The second-order valence-electron chi connectivity index (χ2n) is 4.30. The van der Waals surface area contributed by atoms with Crippen LogP contribution in [0.1, 0.15) is 17.3 Å². The van der Waals surface area contributed by atoms with Crippen molar-refractivity contribution in [2.24, 2.45) is 0 Å². The quantitative estimate of drug-likeness (QED) is 0.805. The van der Waals surface area contributed by atoms with E-state index in [4.69, 9.17) is 5.11 Å². The zero-order valence-corrected chi connectivity index (χ0v) is 11.5. The van der Waals surface area contributed by atoms with E-state index in [1.807, 2.05) is 6.92 Å². The maximum atomic E-state index is 11.5. The molecule has 0 saturated carbocycles. The van der Waals surface area contributed by atoms with Crippen molar-refractivity contribution in [3.8, 4) is 11.1 Å². The Morgan fingerprint density at radius 3 is 2.48 bits per heavy atom. The van der Waals surface area contributed by atoms with Gasteiger partial charge in [-0.25, -0.2) is 14.6 Å². The highest BCUT2D eigenvalue weighted by atomic mass is 16.4. The van der Waals surface area contributed by atoms with Crippen LogP contribution in [-0.2, 0) is 0 Å². The van der Waals surface area contributed by atoms with Crippen molar-refractivity contribution in [2.75, 3.05) is 11.9 Å². The Hall–Kier alpha value is -2.89. The molecular weight excluding hydrogens is 270 g/mol. The summed E-state index contributed by atoms with van der Waals surface area (Å²) in [6.07, 6.45) is 1.59. The van der Waals surface area contributed by atoms with Crippen LogP contribution in [0.5, 0.6) is 0 Å². The SMILES string of the molecule is CCNC(=O)Nc1cc(-c2ccc(C(=O)O)cc2)ccn1. The van der Waals surface area contributed by atoms with E-state index in [-0.39, 0.29) is 11.6 Å². The first-order valence-corrected chi connectivity index (χ1v) is 6.45. The molecular formula is C15H15N3O3. The first-order chi connectivity index (χ1) is 10.1. The highest BCUT2D eigenvalue weighted by Gasteiger charge is 2.05. The fourth-order valence-corrected chi connectivity index (χ4v) is 1.80. The van der Waals surface area contributed by atoms with Gasteiger partial charge >= 0.3 is 12.0 Å². The molecule has 0 unspecified atom stereocenters. The van der Waals surface area contributed by atoms with Gasteiger partial charge in [-0.05, 0) is 42.3 Å². The first kappa shape index (κ1) is 14.5. The number of nitrogens with one attached hydrogen (secondary N) is 2. The van der Waals surface area contributed by atoms with Gasteiger partial charge in [0.25, 0.3) is 0 Å². The van der Waals surface area contributed by atoms with Crippen LogP contribution in [-0.4, -0.2) is 28.6 Å². The van der Waals surface area contributed by atoms with Gasteiger partial charge in [-0.15, -0.1) is 0 Å². The Labute approximate surface area is 121 Å². The maximum Gasteiger partial charge on any atom is 0.335 e. The fraction of sp³-hybridized carbons (Fsp3) is 0.133. The Morgan fingerprint density at radius 1 is 1.14 bits per heavy atom. The third-order valence-corrected chi connectivity index (χ3v) is 2.80. The number of carbonyl (C=O) groups is 2. The molecule has 6 heteroatoms. The Balaban J connectivity index is 2.20. The number of carboxylic acid groups (broad SMARTS) is 1. The van der Waals surface area contributed by atoms with Crippen molar-refractivity contribution in [1.82, 2.24) is 10.3 Å². The summed E-state index contributed by atoms with van der Waals surface area (Å²) in [5, 5.41) is 14.1. The predicted molar refractivity (Wildman–Crippen MR) is 79.3 cm³/mol. The number of urea groups is 1. The number of carboxylic acids is 1. The predicted octanol–water partition coefficient (Wildman–Crippen LogP) is 2.59. The number of nitrogens with zero attached hydrogens (tertiary/aromatic N) is 1. The fourth-order valence-electron chi connectivity index (χ4n) is 1.80. The van der Waals surface area contributed by atoms with Crippen molar-refractivity contribution >= 4 is 17.8 Å². The van der Waals surface area contributed by atoms with E-state index in [1.54, 1.807) is 30.5 Å². The third kappa shape index (κ3) is 3.79. The van der Waals surface area contributed by atoms with E-state index in [9.17, 15) is 9.59 Å². The molecule has 21 heavy (non-hydrogen) atoms. The molecule has 0 bridgehead atoms. The van der Waals surface area contributed by atoms with Crippen molar-refractivity contribution < 1.29 is 14.7 Å². The molecule has 1 aromatic heterocycles. The third-order valence-electron chi connectivity index (χ3n) is 2.80. The molecule has 1 aromatic carbocycles. The van der Waals surface area contributed by atoms with E-state index < -0.39 is 5.97 Å². The molecule has 0 radical (unpaired) electrons. The second-order valence-corrected chi connectivity index (χ2v) is 4.30.